The number of halogens is 2. The number of ether oxygens (including phenoxy) is 4. The van der Waals surface area contributed by atoms with Crippen molar-refractivity contribution < 1.29 is 58.4 Å². The van der Waals surface area contributed by atoms with Crippen molar-refractivity contribution in [2.75, 3.05) is 26.8 Å². The molecule has 14 N–H and O–H groups in total. The largest absolute Gasteiger partial charge is 0.393 e. The molecule has 2 saturated heterocycles. The molecule has 1 aliphatic carbocycles. The number of nitrogens with two attached hydrogens (primary N) is 3. The summed E-state index contributed by atoms with van der Waals surface area (Å²) in [5.74, 6) is -1.05. The summed E-state index contributed by atoms with van der Waals surface area (Å²) < 4.78 is 49.8. The molecule has 2 aliphatic heterocycles. The van der Waals surface area contributed by atoms with Gasteiger partial charge in [0.25, 0.3) is 6.43 Å². The Morgan fingerprint density at radius 2 is 1.73 bits per heavy atom. The van der Waals surface area contributed by atoms with Crippen LogP contribution in [-0.2, 0) is 18.9 Å². The molecule has 0 aromatic heterocycles. The smallest absolute Gasteiger partial charge is 0.271 e. The number of aliphatic imine (C=N–C) groups is 2. The maximum absolute atomic E-state index is 13.2. The van der Waals surface area contributed by atoms with E-state index in [4.69, 9.17) is 46.8 Å². The SMILES string of the molecule is CN[C@@H]1C(O)[C@@H](OC2C(O)C(O[C@H]3O[C@H](CN=C(N)C(O)CO)CCC3N)[C@@H](N=N)C[C@H]2N=C(N)C(O)C(F)F)OCC1(C)O. The van der Waals surface area contributed by atoms with Crippen LogP contribution in [0.2, 0.25) is 0 Å². The molecule has 2 heterocycles. The van der Waals surface area contributed by atoms with Crippen molar-refractivity contribution in [2.45, 2.75) is 118 Å². The average Bonchev–Trinajstić information content (AvgIpc) is 3.00. The van der Waals surface area contributed by atoms with Crippen molar-refractivity contribution >= 4 is 11.7 Å². The monoisotopic (exact) mass is 656 g/mol. The molecule has 18 nitrogen and oxygen atoms in total. The van der Waals surface area contributed by atoms with E-state index in [0.717, 1.165) is 0 Å². The van der Waals surface area contributed by atoms with Crippen LogP contribution in [0.1, 0.15) is 26.2 Å². The molecule has 0 spiro atoms. The molecule has 1 saturated carbocycles. The van der Waals surface area contributed by atoms with Crippen LogP contribution in [0, 0.1) is 5.53 Å². The van der Waals surface area contributed by atoms with E-state index in [1.807, 2.05) is 0 Å². The molecular weight excluding hydrogens is 610 g/mol. The predicted octanol–water partition coefficient (Wildman–Crippen LogP) is -4.13. The summed E-state index contributed by atoms with van der Waals surface area (Å²) >= 11 is 0. The minimum absolute atomic E-state index is 0.00345. The minimum Gasteiger partial charge on any atom is -0.393 e. The minimum atomic E-state index is -3.26. The zero-order chi connectivity index (χ0) is 33.6. The molecule has 260 valence electrons. The standard InChI is InChI=1S/C25H46F2N8O10/c1-25(41)8-42-24(15(39)19(25)32-2)45-17-11(34-22(30)16(40)20(26)27)5-12(35-31)18(14(17)38)44-23-10(28)4-3-9(43-23)6-33-21(29)13(37)7-36/h9-20,23-24,31-32,36-41H,3-8,28H2,1-2H3,(H2,29,33)(H2,30,34)/t9-,10?,11+,12-,13?,14?,15?,16?,17?,18?,19+,23+,24+,25?/m0/s1. The van der Waals surface area contributed by atoms with Gasteiger partial charge in [0.2, 0.25) is 0 Å². The van der Waals surface area contributed by atoms with Crippen molar-refractivity contribution in [2.24, 2.45) is 32.3 Å². The van der Waals surface area contributed by atoms with Crippen molar-refractivity contribution in [3.8, 4) is 0 Å². The number of aliphatic hydroxyl groups is 6. The fraction of sp³-hybridized carbons (Fsp3) is 0.920. The summed E-state index contributed by atoms with van der Waals surface area (Å²) in [4.78, 5) is 8.00. The second-order valence-corrected chi connectivity index (χ2v) is 11.6. The fourth-order valence-electron chi connectivity index (χ4n) is 5.57. The molecule has 0 amide bonds. The van der Waals surface area contributed by atoms with Crippen LogP contribution in [0.4, 0.5) is 8.78 Å². The summed E-state index contributed by atoms with van der Waals surface area (Å²) in [5, 5.41) is 67.8. The number of alkyl halides is 2. The van der Waals surface area contributed by atoms with Crippen LogP contribution in [0.25, 0.3) is 0 Å². The van der Waals surface area contributed by atoms with Gasteiger partial charge in [0.1, 0.15) is 53.8 Å². The van der Waals surface area contributed by atoms with Gasteiger partial charge in [0.15, 0.2) is 18.7 Å². The van der Waals surface area contributed by atoms with Crippen LogP contribution >= 0.6 is 0 Å². The van der Waals surface area contributed by atoms with Gasteiger partial charge in [0.05, 0.1) is 44.0 Å². The number of nitrogens with zero attached hydrogens (tertiary/aromatic N) is 3. The molecule has 20 heteroatoms. The number of hydrogen-bond donors (Lipinski definition) is 11. The lowest BCUT2D eigenvalue weighted by atomic mass is 9.83. The van der Waals surface area contributed by atoms with E-state index in [1.54, 1.807) is 0 Å². The van der Waals surface area contributed by atoms with Gasteiger partial charge in [-0.3, -0.25) is 9.98 Å². The molecule has 45 heavy (non-hydrogen) atoms. The first-order chi connectivity index (χ1) is 21.1. The third-order valence-electron chi connectivity index (χ3n) is 8.15. The number of aliphatic hydroxyl groups excluding tert-OH is 5. The molecule has 3 fully saturated rings. The second kappa shape index (κ2) is 16.2. The van der Waals surface area contributed by atoms with Crippen LogP contribution in [0.5, 0.6) is 0 Å². The van der Waals surface area contributed by atoms with Gasteiger partial charge in [-0.25, -0.2) is 14.3 Å². The molecule has 0 bridgehead atoms. The van der Waals surface area contributed by atoms with E-state index in [2.05, 4.69) is 20.4 Å². The van der Waals surface area contributed by atoms with Gasteiger partial charge in [0, 0.05) is 0 Å². The highest BCUT2D eigenvalue weighted by molar-refractivity contribution is 5.85. The average molecular weight is 657 g/mol. The number of likely N-dealkylation sites (N-methyl/N-ethyl adjacent to an activating group) is 1. The van der Waals surface area contributed by atoms with E-state index >= 15 is 0 Å². The lowest BCUT2D eigenvalue weighted by molar-refractivity contribution is -0.306. The topological polar surface area (TPSA) is 309 Å². The van der Waals surface area contributed by atoms with Gasteiger partial charge >= 0.3 is 0 Å². The molecule has 0 aromatic carbocycles. The van der Waals surface area contributed by atoms with Gasteiger partial charge in [-0.1, -0.05) is 0 Å². The Morgan fingerprint density at radius 3 is 2.33 bits per heavy atom. The third kappa shape index (κ3) is 9.05. The Kier molecular flexibility index (Phi) is 13.4. The van der Waals surface area contributed by atoms with Crippen molar-refractivity contribution in [1.82, 2.24) is 5.32 Å². The normalized spacial score (nSPS) is 41.6. The summed E-state index contributed by atoms with van der Waals surface area (Å²) in [6.45, 7) is 0.522. The van der Waals surface area contributed by atoms with Gasteiger partial charge in [-0.05, 0) is 33.2 Å². The van der Waals surface area contributed by atoms with Crippen molar-refractivity contribution in [3.63, 3.8) is 0 Å². The Hall–Kier alpha value is -2.08. The number of nitrogens with one attached hydrogen (secondary N) is 2. The zero-order valence-electron chi connectivity index (χ0n) is 25.0. The maximum atomic E-state index is 13.2. The molecule has 3 aliphatic rings. The molecule has 0 radical (unpaired) electrons. The Morgan fingerprint density at radius 1 is 1.09 bits per heavy atom. The lowest BCUT2D eigenvalue weighted by Crippen LogP contribution is -2.67. The number of rotatable bonds is 13. The van der Waals surface area contributed by atoms with E-state index < -0.39 is 104 Å². The Labute approximate surface area is 258 Å². The number of amidine groups is 2. The van der Waals surface area contributed by atoms with Crippen molar-refractivity contribution in [3.05, 3.63) is 0 Å². The molecule has 3 rings (SSSR count). The van der Waals surface area contributed by atoms with Crippen LogP contribution in [-0.4, -0.2) is 161 Å². The molecular formula is C25H46F2N8O10. The first-order valence-electron chi connectivity index (χ1n) is 14.5. The molecule has 14 atom stereocenters. The first-order valence-corrected chi connectivity index (χ1v) is 14.5. The second-order valence-electron chi connectivity index (χ2n) is 11.6. The zero-order valence-corrected chi connectivity index (χ0v) is 25.0. The summed E-state index contributed by atoms with van der Waals surface area (Å²) in [6.07, 6.45) is -15.6. The van der Waals surface area contributed by atoms with E-state index in [1.165, 1.54) is 14.0 Å². The first kappa shape index (κ1) is 37.4. The van der Waals surface area contributed by atoms with E-state index in [9.17, 15) is 34.3 Å². The van der Waals surface area contributed by atoms with Crippen LogP contribution in [0.3, 0.4) is 0 Å². The summed E-state index contributed by atoms with van der Waals surface area (Å²) in [6, 6.07) is -4.05. The highest BCUT2D eigenvalue weighted by atomic mass is 19.3. The van der Waals surface area contributed by atoms with Crippen LogP contribution in [0.15, 0.2) is 15.1 Å². The molecule has 0 aromatic rings. The summed E-state index contributed by atoms with van der Waals surface area (Å²) in [7, 11) is 1.50. The highest BCUT2D eigenvalue weighted by Gasteiger charge is 2.52. The van der Waals surface area contributed by atoms with Crippen LogP contribution < -0.4 is 22.5 Å². The maximum Gasteiger partial charge on any atom is 0.271 e. The van der Waals surface area contributed by atoms with E-state index in [0.29, 0.717) is 12.8 Å². The number of hydrogen-bond acceptors (Lipinski definition) is 16. The quantitative estimate of drug-likeness (QED) is 0.0510. The lowest BCUT2D eigenvalue weighted by Gasteiger charge is -2.48. The Bertz CT molecular complexity index is 1030. The fourth-order valence-corrected chi connectivity index (χ4v) is 5.57. The van der Waals surface area contributed by atoms with Gasteiger partial charge in [-0.15, -0.1) is 0 Å². The third-order valence-corrected chi connectivity index (χ3v) is 8.15. The predicted molar refractivity (Wildman–Crippen MR) is 151 cm³/mol. The Balaban J connectivity index is 1.87. The van der Waals surface area contributed by atoms with Gasteiger partial charge < -0.3 is 72.1 Å². The van der Waals surface area contributed by atoms with Gasteiger partial charge in [-0.2, -0.15) is 5.11 Å². The highest BCUT2D eigenvalue weighted by Crippen LogP contribution is 2.35. The molecule has 8 unspecified atom stereocenters. The van der Waals surface area contributed by atoms with E-state index in [-0.39, 0.29) is 25.4 Å². The van der Waals surface area contributed by atoms with Crippen molar-refractivity contribution in [1.29, 1.82) is 5.53 Å². The summed E-state index contributed by atoms with van der Waals surface area (Å²) in [5.41, 5.74) is 23.8.